The van der Waals surface area contributed by atoms with Crippen molar-refractivity contribution in [2.24, 2.45) is 0 Å². The van der Waals surface area contributed by atoms with Gasteiger partial charge in [-0.3, -0.25) is 10.0 Å². The van der Waals surface area contributed by atoms with Gasteiger partial charge in [0.2, 0.25) is 10.0 Å². The first kappa shape index (κ1) is 25.6. The lowest BCUT2D eigenvalue weighted by molar-refractivity contribution is -0.133. The number of nitrogens with one attached hydrogen (secondary N) is 1. The number of methoxy groups -OCH3 is 1. The highest BCUT2D eigenvalue weighted by Crippen LogP contribution is 2.35. The van der Waals surface area contributed by atoms with Gasteiger partial charge in [-0.15, -0.1) is 0 Å². The van der Waals surface area contributed by atoms with E-state index in [2.05, 4.69) is 0 Å². The molecule has 2 aliphatic rings. The van der Waals surface area contributed by atoms with E-state index in [1.54, 1.807) is 31.6 Å². The van der Waals surface area contributed by atoms with Crippen LogP contribution < -0.4 is 15.1 Å². The molecule has 2 N–H and O–H groups in total. The monoisotopic (exact) mass is 488 g/mol. The summed E-state index contributed by atoms with van der Waals surface area (Å²) in [6.45, 7) is 5.12. The molecule has 0 saturated carbocycles. The molecule has 12 heteroatoms. The number of halogens is 1. The van der Waals surface area contributed by atoms with E-state index < -0.39 is 26.5 Å². The van der Waals surface area contributed by atoms with Gasteiger partial charge in [0.1, 0.15) is 0 Å². The Bertz CT molecular complexity index is 915. The molecule has 186 valence electrons. The minimum absolute atomic E-state index is 0.0791. The predicted octanol–water partition coefficient (Wildman–Crippen LogP) is 0.663. The van der Waals surface area contributed by atoms with Crippen LogP contribution in [-0.4, -0.2) is 99.6 Å². The van der Waals surface area contributed by atoms with Crippen LogP contribution in [0, 0.1) is 5.82 Å². The summed E-state index contributed by atoms with van der Waals surface area (Å²) < 4.78 is 51.4. The smallest absolute Gasteiger partial charge is 0.266 e. The van der Waals surface area contributed by atoms with Gasteiger partial charge in [-0.25, -0.2) is 18.3 Å². The minimum atomic E-state index is -4.05. The van der Waals surface area contributed by atoms with Gasteiger partial charge in [0.25, 0.3) is 5.91 Å². The number of amides is 1. The zero-order chi connectivity index (χ0) is 24.1. The average molecular weight is 489 g/mol. The summed E-state index contributed by atoms with van der Waals surface area (Å²) >= 11 is 0. The highest BCUT2D eigenvalue weighted by molar-refractivity contribution is 7.91. The van der Waals surface area contributed by atoms with Crippen LogP contribution in [0.1, 0.15) is 19.8 Å². The lowest BCUT2D eigenvalue weighted by atomic mass is 9.95. The van der Waals surface area contributed by atoms with Crippen LogP contribution >= 0.6 is 0 Å². The van der Waals surface area contributed by atoms with Crippen LogP contribution in [-0.2, 0) is 19.6 Å². The largest absolute Gasteiger partial charge is 0.491 e. The van der Waals surface area contributed by atoms with E-state index in [9.17, 15) is 22.8 Å². The van der Waals surface area contributed by atoms with Gasteiger partial charge < -0.3 is 19.3 Å². The second-order valence-corrected chi connectivity index (χ2v) is 10.5. The van der Waals surface area contributed by atoms with E-state index in [1.807, 2.05) is 9.80 Å². The molecule has 0 atom stereocenters. The number of likely N-dealkylation sites (tertiary alicyclic amines) is 1. The fraction of sp³-hybridized carbons (Fsp3) is 0.667. The Hall–Kier alpha value is -1.99. The number of piperidine rings is 1. The van der Waals surface area contributed by atoms with Crippen LogP contribution in [0.25, 0.3) is 0 Å². The van der Waals surface area contributed by atoms with Crippen LogP contribution in [0.15, 0.2) is 18.2 Å². The number of sulfonamides is 1. The average Bonchev–Trinajstić information content (AvgIpc) is 2.84. The van der Waals surface area contributed by atoms with E-state index in [4.69, 9.17) is 9.47 Å². The quantitative estimate of drug-likeness (QED) is 0.385. The van der Waals surface area contributed by atoms with Crippen LogP contribution in [0.4, 0.5) is 10.1 Å². The highest BCUT2D eigenvalue weighted by atomic mass is 32.2. The second kappa shape index (κ2) is 11.0. The summed E-state index contributed by atoms with van der Waals surface area (Å²) in [6, 6.07) is 4.69. The van der Waals surface area contributed by atoms with E-state index in [-0.39, 0.29) is 31.7 Å². The van der Waals surface area contributed by atoms with Gasteiger partial charge >= 0.3 is 0 Å². The van der Waals surface area contributed by atoms with Crippen LogP contribution in [0.5, 0.6) is 5.75 Å². The maximum absolute atomic E-state index is 14.3. The molecule has 33 heavy (non-hydrogen) atoms. The second-order valence-electron chi connectivity index (χ2n) is 8.21. The number of hydroxylamine groups is 1. The fourth-order valence-corrected chi connectivity index (χ4v) is 6.57. The number of hydrogen-bond donors (Lipinski definition) is 2. The molecule has 0 aromatic heterocycles. The van der Waals surface area contributed by atoms with Crippen molar-refractivity contribution in [1.29, 1.82) is 0 Å². The summed E-state index contributed by atoms with van der Waals surface area (Å²) in [5.74, 6) is -1.19. The number of hydrogen-bond acceptors (Lipinski definition) is 8. The van der Waals surface area contributed by atoms with E-state index in [1.165, 1.54) is 10.4 Å². The molecule has 1 aromatic carbocycles. The molecule has 0 radical (unpaired) electrons. The van der Waals surface area contributed by atoms with Crippen LogP contribution in [0.2, 0.25) is 0 Å². The number of carbonyl (C=O) groups excluding carboxylic acids is 1. The van der Waals surface area contributed by atoms with Gasteiger partial charge in [0, 0.05) is 64.7 Å². The molecule has 1 amide bonds. The van der Waals surface area contributed by atoms with Crippen molar-refractivity contribution in [3.8, 4) is 5.75 Å². The molecular formula is C21H33FN4O6S. The van der Waals surface area contributed by atoms with Gasteiger partial charge in [-0.2, -0.15) is 4.31 Å². The molecule has 2 heterocycles. The summed E-state index contributed by atoms with van der Waals surface area (Å²) in [5, 5.41) is 9.33. The highest BCUT2D eigenvalue weighted by Gasteiger charge is 2.55. The van der Waals surface area contributed by atoms with E-state index in [0.29, 0.717) is 51.6 Å². The summed E-state index contributed by atoms with van der Waals surface area (Å²) in [6.07, 6.45) is 0.158. The molecule has 0 spiro atoms. The van der Waals surface area contributed by atoms with Crippen molar-refractivity contribution in [3.63, 3.8) is 0 Å². The fourth-order valence-electron chi connectivity index (χ4n) is 4.46. The molecule has 2 saturated heterocycles. The Kier molecular flexibility index (Phi) is 8.51. The molecule has 10 nitrogen and oxygen atoms in total. The molecule has 2 fully saturated rings. The van der Waals surface area contributed by atoms with Gasteiger partial charge in [0.05, 0.1) is 13.2 Å². The number of rotatable bonds is 9. The molecule has 2 aliphatic heterocycles. The van der Waals surface area contributed by atoms with Gasteiger partial charge in [-0.05, 0) is 31.9 Å². The number of ether oxygens (including phenoxy) is 2. The zero-order valence-electron chi connectivity index (χ0n) is 19.1. The number of piperazine rings is 1. The Morgan fingerprint density at radius 3 is 2.39 bits per heavy atom. The zero-order valence-corrected chi connectivity index (χ0v) is 19.9. The van der Waals surface area contributed by atoms with Crippen molar-refractivity contribution < 1.29 is 32.3 Å². The Balaban J connectivity index is 1.71. The maximum Gasteiger partial charge on any atom is 0.266 e. The predicted molar refractivity (Wildman–Crippen MR) is 120 cm³/mol. The Morgan fingerprint density at radius 1 is 1.18 bits per heavy atom. The van der Waals surface area contributed by atoms with Crippen LogP contribution in [0.3, 0.4) is 0 Å². The molecule has 0 unspecified atom stereocenters. The first-order chi connectivity index (χ1) is 15.8. The minimum Gasteiger partial charge on any atom is -0.491 e. The van der Waals surface area contributed by atoms with Crippen molar-refractivity contribution >= 4 is 21.6 Å². The topological polar surface area (TPSA) is 112 Å². The molecule has 1 aromatic rings. The van der Waals surface area contributed by atoms with Gasteiger partial charge in [0.15, 0.2) is 16.3 Å². The summed E-state index contributed by atoms with van der Waals surface area (Å²) in [4.78, 5) is 16.6. The number of anilines is 1. The van der Waals surface area contributed by atoms with Crippen molar-refractivity contribution in [2.45, 2.75) is 24.5 Å². The molecule has 0 bridgehead atoms. The SMILES string of the molecule is CCOc1ccc(N2CCN(S(=O)(=O)C3(C(=O)NO)CCN(CCOC)CC3)CC2)cc1F. The first-order valence-electron chi connectivity index (χ1n) is 11.1. The molecular weight excluding hydrogens is 455 g/mol. The van der Waals surface area contributed by atoms with E-state index >= 15 is 0 Å². The lowest BCUT2D eigenvalue weighted by Crippen LogP contribution is -2.63. The Labute approximate surface area is 194 Å². The Morgan fingerprint density at radius 2 is 1.85 bits per heavy atom. The third-order valence-corrected chi connectivity index (χ3v) is 9.07. The summed E-state index contributed by atoms with van der Waals surface area (Å²) in [7, 11) is -2.45. The first-order valence-corrected chi connectivity index (χ1v) is 12.6. The third-order valence-electron chi connectivity index (χ3n) is 6.44. The lowest BCUT2D eigenvalue weighted by Gasteiger charge is -2.44. The number of carbonyl (C=O) groups is 1. The number of benzene rings is 1. The van der Waals surface area contributed by atoms with Gasteiger partial charge in [-0.1, -0.05) is 0 Å². The van der Waals surface area contributed by atoms with Crippen molar-refractivity contribution in [1.82, 2.24) is 14.7 Å². The third kappa shape index (κ3) is 5.24. The normalized spacial score (nSPS) is 19.9. The molecule has 3 rings (SSSR count). The summed E-state index contributed by atoms with van der Waals surface area (Å²) in [5.41, 5.74) is 2.22. The number of nitrogens with zero attached hydrogens (tertiary/aromatic N) is 3. The van der Waals surface area contributed by atoms with Crippen molar-refractivity contribution in [3.05, 3.63) is 24.0 Å². The molecule has 0 aliphatic carbocycles. The van der Waals surface area contributed by atoms with Crippen molar-refractivity contribution in [2.75, 3.05) is 71.0 Å². The standard InChI is InChI=1S/C21H33FN4O6S/c1-3-32-19-5-4-17(16-18(19)22)25-10-12-26(13-11-25)33(29,30)21(20(27)23-28)6-8-24(9-7-21)14-15-31-2/h4-5,16,28H,3,6-15H2,1-2H3,(H,23,27). The maximum atomic E-state index is 14.3. The van der Waals surface area contributed by atoms with E-state index in [0.717, 1.165) is 0 Å².